The number of ether oxygens (including phenoxy) is 3. The molecule has 184 valence electrons. The fourth-order valence-electron chi connectivity index (χ4n) is 4.02. The number of hydrogen-bond donors (Lipinski definition) is 0. The van der Waals surface area contributed by atoms with Gasteiger partial charge in [-0.2, -0.15) is 0 Å². The van der Waals surface area contributed by atoms with Crippen molar-refractivity contribution >= 4 is 12.1 Å². The second-order valence-corrected chi connectivity index (χ2v) is 9.52. The largest absolute Gasteiger partial charge is 0.496 e. The highest BCUT2D eigenvalue weighted by Gasteiger charge is 2.25. The lowest BCUT2D eigenvalue weighted by Crippen LogP contribution is -2.50. The minimum absolute atomic E-state index is 0.223. The van der Waals surface area contributed by atoms with Crippen LogP contribution in [0.3, 0.4) is 0 Å². The Morgan fingerprint density at radius 1 is 0.941 bits per heavy atom. The van der Waals surface area contributed by atoms with E-state index in [9.17, 15) is 9.59 Å². The summed E-state index contributed by atoms with van der Waals surface area (Å²) in [4.78, 5) is 28.1. The van der Waals surface area contributed by atoms with E-state index in [0.29, 0.717) is 18.7 Å². The highest BCUT2D eigenvalue weighted by atomic mass is 16.6. The molecule has 1 heterocycles. The molecule has 7 nitrogen and oxygen atoms in total. The molecule has 1 fully saturated rings. The number of rotatable bonds is 7. The van der Waals surface area contributed by atoms with E-state index in [0.717, 1.165) is 49.4 Å². The van der Waals surface area contributed by atoms with E-state index >= 15 is 0 Å². The molecule has 2 aromatic rings. The molecule has 0 atom stereocenters. The second kappa shape index (κ2) is 11.4. The molecule has 0 aliphatic carbocycles. The van der Waals surface area contributed by atoms with Gasteiger partial charge in [-0.1, -0.05) is 24.3 Å². The number of aryl methyl sites for hydroxylation is 1. The Hall–Kier alpha value is -3.06. The molecule has 0 N–H and O–H groups in total. The quantitative estimate of drug-likeness (QED) is 0.552. The number of benzene rings is 2. The zero-order chi connectivity index (χ0) is 24.7. The molecule has 2 aromatic carbocycles. The lowest BCUT2D eigenvalue weighted by atomic mass is 9.99. The van der Waals surface area contributed by atoms with Crippen LogP contribution in [0.5, 0.6) is 5.75 Å². The molecule has 0 radical (unpaired) electrons. The summed E-state index contributed by atoms with van der Waals surface area (Å²) in [6.07, 6.45) is 1.76. The van der Waals surface area contributed by atoms with Crippen LogP contribution in [0.4, 0.5) is 4.79 Å². The lowest BCUT2D eigenvalue weighted by molar-refractivity contribution is 0.0144. The molecule has 1 saturated heterocycles. The van der Waals surface area contributed by atoms with Crippen molar-refractivity contribution in [3.63, 3.8) is 0 Å². The smallest absolute Gasteiger partial charge is 0.410 e. The molecule has 1 amide bonds. The maximum absolute atomic E-state index is 12.2. The van der Waals surface area contributed by atoms with Gasteiger partial charge in [-0.25, -0.2) is 9.59 Å². The molecule has 0 aromatic heterocycles. The van der Waals surface area contributed by atoms with E-state index in [4.69, 9.17) is 14.2 Å². The van der Waals surface area contributed by atoms with Crippen molar-refractivity contribution in [3.05, 3.63) is 53.6 Å². The number of carbonyl (C=O) groups excluding carboxylic acids is 2. The van der Waals surface area contributed by atoms with E-state index in [1.807, 2.05) is 32.9 Å². The minimum atomic E-state index is -0.461. The Bertz CT molecular complexity index is 974. The lowest BCUT2D eigenvalue weighted by Gasteiger charge is -2.35. The van der Waals surface area contributed by atoms with Crippen molar-refractivity contribution < 1.29 is 23.8 Å². The number of methoxy groups -OCH3 is 2. The van der Waals surface area contributed by atoms with Crippen LogP contribution in [0, 0.1) is 0 Å². The molecular weight excluding hydrogens is 432 g/mol. The standard InChI is InChI=1S/C27H36N2O5/c1-27(2,3)34-26(31)29-17-15-28(16-18-29)14-6-7-20-8-13-23(24(19-20)32-4)21-9-11-22(12-10-21)25(30)33-5/h8-13,19H,6-7,14-18H2,1-5H3. The van der Waals surface area contributed by atoms with Crippen LogP contribution < -0.4 is 4.74 Å². The first-order valence-electron chi connectivity index (χ1n) is 11.8. The van der Waals surface area contributed by atoms with Crippen LogP contribution in [0.15, 0.2) is 42.5 Å². The summed E-state index contributed by atoms with van der Waals surface area (Å²) in [6, 6.07) is 13.6. The molecule has 1 aliphatic rings. The third-order valence-electron chi connectivity index (χ3n) is 5.85. The SMILES string of the molecule is COC(=O)c1ccc(-c2ccc(CCCN3CCN(C(=O)OC(C)(C)C)CC3)cc2OC)cc1. The van der Waals surface area contributed by atoms with Crippen LogP contribution in [0.1, 0.15) is 43.1 Å². The van der Waals surface area contributed by atoms with Gasteiger partial charge in [-0.05, 0) is 69.5 Å². The highest BCUT2D eigenvalue weighted by molar-refractivity contribution is 5.90. The zero-order valence-electron chi connectivity index (χ0n) is 20.9. The number of esters is 1. The van der Waals surface area contributed by atoms with Crippen molar-refractivity contribution in [1.29, 1.82) is 0 Å². The number of nitrogens with zero attached hydrogens (tertiary/aromatic N) is 2. The topological polar surface area (TPSA) is 68.3 Å². The van der Waals surface area contributed by atoms with Gasteiger partial charge >= 0.3 is 12.1 Å². The second-order valence-electron chi connectivity index (χ2n) is 9.52. The third kappa shape index (κ3) is 6.97. The number of carbonyl (C=O) groups is 2. The number of amides is 1. The maximum atomic E-state index is 12.2. The minimum Gasteiger partial charge on any atom is -0.496 e. The monoisotopic (exact) mass is 468 g/mol. The summed E-state index contributed by atoms with van der Waals surface area (Å²) in [7, 11) is 3.05. The summed E-state index contributed by atoms with van der Waals surface area (Å²) < 4.78 is 15.9. The van der Waals surface area contributed by atoms with E-state index < -0.39 is 5.60 Å². The van der Waals surface area contributed by atoms with Crippen LogP contribution in [0.2, 0.25) is 0 Å². The molecule has 0 spiro atoms. The molecule has 3 rings (SSSR count). The first kappa shape index (κ1) is 25.6. The van der Waals surface area contributed by atoms with Crippen molar-refractivity contribution in [3.8, 4) is 16.9 Å². The van der Waals surface area contributed by atoms with Gasteiger partial charge < -0.3 is 19.1 Å². The van der Waals surface area contributed by atoms with Crippen molar-refractivity contribution in [2.75, 3.05) is 46.9 Å². The molecule has 34 heavy (non-hydrogen) atoms. The van der Waals surface area contributed by atoms with Crippen LogP contribution in [-0.4, -0.2) is 74.4 Å². The van der Waals surface area contributed by atoms with Gasteiger partial charge in [-0.3, -0.25) is 4.90 Å². The van der Waals surface area contributed by atoms with Crippen LogP contribution in [0.25, 0.3) is 11.1 Å². The predicted octanol–water partition coefficient (Wildman–Crippen LogP) is 4.63. The average Bonchev–Trinajstić information content (AvgIpc) is 2.83. The number of piperazine rings is 1. The van der Waals surface area contributed by atoms with E-state index in [1.165, 1.54) is 12.7 Å². The van der Waals surface area contributed by atoms with E-state index in [2.05, 4.69) is 23.1 Å². The molecular formula is C27H36N2O5. The Kier molecular flexibility index (Phi) is 8.56. The summed E-state index contributed by atoms with van der Waals surface area (Å²) in [5, 5.41) is 0. The summed E-state index contributed by atoms with van der Waals surface area (Å²) >= 11 is 0. The van der Waals surface area contributed by atoms with Crippen LogP contribution >= 0.6 is 0 Å². The molecule has 7 heteroatoms. The Morgan fingerprint density at radius 3 is 2.21 bits per heavy atom. The Labute approximate surface area is 202 Å². The Morgan fingerprint density at radius 2 is 1.62 bits per heavy atom. The third-order valence-corrected chi connectivity index (χ3v) is 5.85. The van der Waals surface area contributed by atoms with Crippen LogP contribution in [-0.2, 0) is 15.9 Å². The normalized spacial score (nSPS) is 14.6. The van der Waals surface area contributed by atoms with Crippen molar-refractivity contribution in [2.24, 2.45) is 0 Å². The van der Waals surface area contributed by atoms with Gasteiger partial charge in [-0.15, -0.1) is 0 Å². The molecule has 0 unspecified atom stereocenters. The highest BCUT2D eigenvalue weighted by Crippen LogP contribution is 2.31. The van der Waals surface area contributed by atoms with Crippen molar-refractivity contribution in [2.45, 2.75) is 39.2 Å². The van der Waals surface area contributed by atoms with E-state index in [1.54, 1.807) is 24.1 Å². The zero-order valence-corrected chi connectivity index (χ0v) is 20.9. The van der Waals surface area contributed by atoms with E-state index in [-0.39, 0.29) is 12.1 Å². The van der Waals surface area contributed by atoms with Gasteiger partial charge in [0.2, 0.25) is 0 Å². The average molecular weight is 469 g/mol. The van der Waals surface area contributed by atoms with Gasteiger partial charge in [0.25, 0.3) is 0 Å². The summed E-state index contributed by atoms with van der Waals surface area (Å²) in [5.41, 5.74) is 3.25. The summed E-state index contributed by atoms with van der Waals surface area (Å²) in [6.45, 7) is 9.79. The van der Waals surface area contributed by atoms with Gasteiger partial charge in [0, 0.05) is 31.7 Å². The molecule has 0 saturated carbocycles. The first-order chi connectivity index (χ1) is 16.2. The molecule has 0 bridgehead atoms. The first-order valence-corrected chi connectivity index (χ1v) is 11.8. The predicted molar refractivity (Wildman–Crippen MR) is 132 cm³/mol. The van der Waals surface area contributed by atoms with Gasteiger partial charge in [0.05, 0.1) is 19.8 Å². The Balaban J connectivity index is 1.51. The fourth-order valence-corrected chi connectivity index (χ4v) is 4.02. The number of hydrogen-bond acceptors (Lipinski definition) is 6. The summed E-state index contributed by atoms with van der Waals surface area (Å²) in [5.74, 6) is 0.467. The van der Waals surface area contributed by atoms with Gasteiger partial charge in [0.1, 0.15) is 11.4 Å². The maximum Gasteiger partial charge on any atom is 0.410 e. The van der Waals surface area contributed by atoms with Crippen molar-refractivity contribution in [1.82, 2.24) is 9.80 Å². The fraction of sp³-hybridized carbons (Fsp3) is 0.481. The molecule has 1 aliphatic heterocycles. The van der Waals surface area contributed by atoms with Gasteiger partial charge in [0.15, 0.2) is 0 Å².